The van der Waals surface area contributed by atoms with Crippen LogP contribution in [-0.2, 0) is 16.1 Å². The van der Waals surface area contributed by atoms with Gasteiger partial charge in [-0.3, -0.25) is 14.5 Å². The van der Waals surface area contributed by atoms with Crippen LogP contribution in [0.4, 0.5) is 10.5 Å². The molecule has 1 unspecified atom stereocenters. The minimum Gasteiger partial charge on any atom is -0.483 e. The van der Waals surface area contributed by atoms with Crippen LogP contribution in [0.25, 0.3) is 0 Å². The van der Waals surface area contributed by atoms with Gasteiger partial charge >= 0.3 is 6.03 Å². The van der Waals surface area contributed by atoms with Gasteiger partial charge in [0.1, 0.15) is 5.02 Å². The van der Waals surface area contributed by atoms with Crippen LogP contribution in [0.15, 0.2) is 36.5 Å². The lowest BCUT2D eigenvalue weighted by atomic mass is 10.1. The molecular formula is C24H31Cl2N5O5. The van der Waals surface area contributed by atoms with Gasteiger partial charge in [0.15, 0.2) is 6.10 Å². The predicted octanol–water partition coefficient (Wildman–Crippen LogP) is 3.78. The zero-order chi connectivity index (χ0) is 26.5. The third-order valence-electron chi connectivity index (χ3n) is 5.17. The van der Waals surface area contributed by atoms with Gasteiger partial charge in [-0.15, -0.1) is 0 Å². The molecule has 0 aliphatic carbocycles. The number of anilines is 1. The second-order valence-electron chi connectivity index (χ2n) is 8.03. The highest BCUT2D eigenvalue weighted by Crippen LogP contribution is 2.26. The maximum atomic E-state index is 12.6. The standard InChI is InChI=1S/C23H29Cl2N5O3.CH2O2/c1-3-8-30-13-18(14-30)29-23(32)28-17-7-5-6-15(9-17)11-26-21(31)20(4-2)33-22-19(25)10-16(24)12-27-22;2-1-3/h5-7,9-10,12,18,20H,3-4,8,11,13-14H2,1-2H3,(H,26,31)(H2,28,29,32);1H,(H,2,3). The monoisotopic (exact) mass is 539 g/mol. The lowest BCUT2D eigenvalue weighted by molar-refractivity contribution is -0.128. The zero-order valence-corrected chi connectivity index (χ0v) is 21.7. The molecule has 0 bridgehead atoms. The molecule has 2 aromatic rings. The van der Waals surface area contributed by atoms with E-state index in [2.05, 4.69) is 32.8 Å². The Labute approximate surface area is 220 Å². The number of likely N-dealkylation sites (tertiary alicyclic amines) is 1. The van der Waals surface area contributed by atoms with E-state index in [9.17, 15) is 9.59 Å². The molecule has 0 radical (unpaired) electrons. The summed E-state index contributed by atoms with van der Waals surface area (Å²) in [5.41, 5.74) is 1.50. The quantitative estimate of drug-likeness (QED) is 0.337. The second-order valence-corrected chi connectivity index (χ2v) is 8.88. The Hall–Kier alpha value is -3.08. The third-order valence-corrected chi connectivity index (χ3v) is 5.65. The van der Waals surface area contributed by atoms with Crippen LogP contribution in [0, 0.1) is 0 Å². The van der Waals surface area contributed by atoms with Gasteiger partial charge in [-0.2, -0.15) is 0 Å². The van der Waals surface area contributed by atoms with Crippen molar-refractivity contribution in [2.75, 3.05) is 25.0 Å². The second kappa shape index (κ2) is 15.1. The molecule has 36 heavy (non-hydrogen) atoms. The summed E-state index contributed by atoms with van der Waals surface area (Å²) >= 11 is 11.9. The molecule has 0 spiro atoms. The van der Waals surface area contributed by atoms with E-state index in [0.717, 1.165) is 31.6 Å². The van der Waals surface area contributed by atoms with Gasteiger partial charge in [-0.05, 0) is 43.1 Å². The number of nitrogens with zero attached hydrogens (tertiary/aromatic N) is 2. The highest BCUT2D eigenvalue weighted by molar-refractivity contribution is 6.35. The first-order chi connectivity index (χ1) is 17.3. The number of pyridine rings is 1. The molecule has 1 aliphatic rings. The van der Waals surface area contributed by atoms with Crippen molar-refractivity contribution >= 4 is 47.3 Å². The molecular weight excluding hydrogens is 509 g/mol. The van der Waals surface area contributed by atoms with Crippen LogP contribution in [0.1, 0.15) is 32.3 Å². The van der Waals surface area contributed by atoms with Crippen molar-refractivity contribution in [3.05, 3.63) is 52.1 Å². The molecule has 1 aliphatic heterocycles. The van der Waals surface area contributed by atoms with Crippen molar-refractivity contribution in [2.45, 2.75) is 45.4 Å². The van der Waals surface area contributed by atoms with E-state index in [-0.39, 0.29) is 41.9 Å². The fraction of sp³-hybridized carbons (Fsp3) is 0.417. The number of nitrogens with one attached hydrogen (secondary N) is 3. The van der Waals surface area contributed by atoms with E-state index in [0.29, 0.717) is 17.1 Å². The van der Waals surface area contributed by atoms with Crippen LogP contribution < -0.4 is 20.7 Å². The number of ether oxygens (including phenoxy) is 1. The lowest BCUT2D eigenvalue weighted by Crippen LogP contribution is -2.59. The molecule has 1 atom stereocenters. The van der Waals surface area contributed by atoms with Gasteiger partial charge in [-0.25, -0.2) is 9.78 Å². The van der Waals surface area contributed by atoms with Crippen LogP contribution in [0.5, 0.6) is 5.88 Å². The van der Waals surface area contributed by atoms with E-state index < -0.39 is 6.10 Å². The van der Waals surface area contributed by atoms with Crippen molar-refractivity contribution in [1.82, 2.24) is 20.5 Å². The molecule has 1 aromatic heterocycles. The normalized spacial score (nSPS) is 13.9. The van der Waals surface area contributed by atoms with Gasteiger partial charge in [0.2, 0.25) is 5.88 Å². The van der Waals surface area contributed by atoms with Gasteiger partial charge in [0.05, 0.1) is 11.1 Å². The number of hydrogen-bond acceptors (Lipinski definition) is 6. The predicted molar refractivity (Wildman–Crippen MR) is 139 cm³/mol. The highest BCUT2D eigenvalue weighted by Gasteiger charge is 2.27. The fourth-order valence-corrected chi connectivity index (χ4v) is 3.94. The van der Waals surface area contributed by atoms with Crippen molar-refractivity contribution in [3.63, 3.8) is 0 Å². The molecule has 4 N–H and O–H groups in total. The fourth-order valence-electron chi connectivity index (χ4n) is 3.52. The summed E-state index contributed by atoms with van der Waals surface area (Å²) in [5, 5.41) is 16.2. The maximum Gasteiger partial charge on any atom is 0.319 e. The molecule has 196 valence electrons. The van der Waals surface area contributed by atoms with Crippen molar-refractivity contribution in [3.8, 4) is 5.88 Å². The Bertz CT molecular complexity index is 1020. The number of carboxylic acid groups (broad SMARTS) is 1. The summed E-state index contributed by atoms with van der Waals surface area (Å²) in [6.07, 6.45) is 2.20. The van der Waals surface area contributed by atoms with Gasteiger partial charge in [-0.1, -0.05) is 49.2 Å². The lowest BCUT2D eigenvalue weighted by Gasteiger charge is -2.39. The first-order valence-electron chi connectivity index (χ1n) is 11.5. The number of urea groups is 1. The van der Waals surface area contributed by atoms with Crippen molar-refractivity contribution < 1.29 is 24.2 Å². The number of rotatable bonds is 10. The van der Waals surface area contributed by atoms with E-state index >= 15 is 0 Å². The van der Waals surface area contributed by atoms with Gasteiger partial charge in [0, 0.05) is 31.5 Å². The smallest absolute Gasteiger partial charge is 0.319 e. The average molecular weight is 540 g/mol. The molecule has 12 heteroatoms. The Kier molecular flexibility index (Phi) is 12.2. The van der Waals surface area contributed by atoms with Crippen molar-refractivity contribution in [1.29, 1.82) is 0 Å². The van der Waals surface area contributed by atoms with Crippen LogP contribution in [0.2, 0.25) is 10.0 Å². The molecule has 2 heterocycles. The third kappa shape index (κ3) is 9.52. The minimum absolute atomic E-state index is 0.157. The van der Waals surface area contributed by atoms with E-state index in [4.69, 9.17) is 37.8 Å². The van der Waals surface area contributed by atoms with E-state index in [1.807, 2.05) is 25.1 Å². The molecule has 1 saturated heterocycles. The number of amides is 3. The maximum absolute atomic E-state index is 12.6. The first-order valence-corrected chi connectivity index (χ1v) is 12.3. The number of halogens is 2. The summed E-state index contributed by atoms with van der Waals surface area (Å²) in [6, 6.07) is 8.78. The van der Waals surface area contributed by atoms with E-state index in [1.54, 1.807) is 6.07 Å². The Balaban J connectivity index is 0.00000145. The number of benzene rings is 1. The van der Waals surface area contributed by atoms with Crippen LogP contribution >= 0.6 is 23.2 Å². The summed E-state index contributed by atoms with van der Waals surface area (Å²) in [5.74, 6) is -0.132. The minimum atomic E-state index is -0.752. The first kappa shape index (κ1) is 29.2. The van der Waals surface area contributed by atoms with Gasteiger partial charge < -0.3 is 25.8 Å². The number of carbonyl (C=O) groups is 3. The number of aromatic nitrogens is 1. The Morgan fingerprint density at radius 3 is 2.64 bits per heavy atom. The summed E-state index contributed by atoms with van der Waals surface area (Å²) in [7, 11) is 0. The van der Waals surface area contributed by atoms with E-state index in [1.165, 1.54) is 12.3 Å². The molecule has 0 saturated carbocycles. The number of carbonyl (C=O) groups excluding carboxylic acids is 2. The summed E-state index contributed by atoms with van der Waals surface area (Å²) in [6.45, 7) is 6.83. The molecule has 3 rings (SSSR count). The Morgan fingerprint density at radius 2 is 2.00 bits per heavy atom. The zero-order valence-electron chi connectivity index (χ0n) is 20.2. The van der Waals surface area contributed by atoms with Crippen molar-refractivity contribution in [2.24, 2.45) is 0 Å². The SMILES string of the molecule is CCCN1CC(NC(=O)Nc2cccc(CNC(=O)C(CC)Oc3ncc(Cl)cc3Cl)c2)C1.O=CO. The average Bonchev–Trinajstić information content (AvgIpc) is 2.81. The molecule has 3 amide bonds. The Morgan fingerprint density at radius 1 is 1.28 bits per heavy atom. The highest BCUT2D eigenvalue weighted by atomic mass is 35.5. The largest absolute Gasteiger partial charge is 0.483 e. The van der Waals surface area contributed by atoms with Crippen LogP contribution in [-0.4, -0.2) is 65.2 Å². The van der Waals surface area contributed by atoms with Gasteiger partial charge in [0.25, 0.3) is 12.4 Å². The molecule has 1 fully saturated rings. The molecule has 1 aromatic carbocycles. The number of hydrogen-bond donors (Lipinski definition) is 4. The van der Waals surface area contributed by atoms with Crippen LogP contribution in [0.3, 0.4) is 0 Å². The summed E-state index contributed by atoms with van der Waals surface area (Å²) in [4.78, 5) is 39.6. The topological polar surface area (TPSA) is 133 Å². The molecule has 10 nitrogen and oxygen atoms in total. The summed E-state index contributed by atoms with van der Waals surface area (Å²) < 4.78 is 5.67.